The molecule has 0 aromatic heterocycles. The number of fused-ring (bicyclic) bond motifs is 5. The number of aryl methyl sites for hydroxylation is 1. The fourth-order valence-corrected chi connectivity index (χ4v) is 9.32. The van der Waals surface area contributed by atoms with Crippen molar-refractivity contribution in [2.45, 2.75) is 81.4 Å². The van der Waals surface area contributed by atoms with Crippen molar-refractivity contribution in [3.8, 4) is 5.75 Å². The van der Waals surface area contributed by atoms with E-state index < -0.39 is 49.3 Å². The van der Waals surface area contributed by atoms with Crippen LogP contribution in [0.25, 0.3) is 0 Å². The quantitative estimate of drug-likeness (QED) is 0.198. The molecule has 0 bridgehead atoms. The molecule has 0 aliphatic heterocycles. The maximum absolute atomic E-state index is 13.6. The maximum Gasteiger partial charge on any atom is 0.370 e. The number of nitrogens with one attached hydrogen (secondary N) is 2. The molecular weight excluding hydrogens is 550 g/mol. The maximum atomic E-state index is 13.6. The van der Waals surface area contributed by atoms with Crippen molar-refractivity contribution < 1.29 is 48.8 Å². The highest BCUT2D eigenvalue weighted by atomic mass is 31.2. The number of benzene rings is 1. The minimum Gasteiger partial charge on any atom is -0.508 e. The summed E-state index contributed by atoms with van der Waals surface area (Å²) in [4.78, 5) is 50.9. The zero-order valence-corrected chi connectivity index (χ0v) is 24.2. The zero-order valence-electron chi connectivity index (χ0n) is 22.4. The molecule has 12 nitrogen and oxygen atoms in total. The van der Waals surface area contributed by atoms with Crippen molar-refractivity contribution in [2.24, 2.45) is 17.3 Å². The summed E-state index contributed by atoms with van der Waals surface area (Å²) in [6.07, 6.45) is 4.15. The molecule has 1 aromatic rings. The molecule has 3 aliphatic rings. The van der Waals surface area contributed by atoms with Crippen LogP contribution in [0, 0.1) is 17.3 Å². The second kappa shape index (κ2) is 9.89. The lowest BCUT2D eigenvalue weighted by molar-refractivity contribution is -0.161. The summed E-state index contributed by atoms with van der Waals surface area (Å²) in [5.74, 6) is 0.413. The molecule has 220 valence electrons. The highest BCUT2D eigenvalue weighted by molar-refractivity contribution is 7.72. The van der Waals surface area contributed by atoms with Gasteiger partial charge in [-0.2, -0.15) is 0 Å². The molecule has 14 heteroatoms. The number of phenolic OH excluding ortho intramolecular Hbond substituents is 1. The normalized spacial score (nSPS) is 31.3. The zero-order chi connectivity index (χ0) is 29.2. The highest BCUT2D eigenvalue weighted by Crippen LogP contribution is 2.67. The summed E-state index contributed by atoms with van der Waals surface area (Å²) in [5.41, 5.74) is -1.02. The number of amides is 1. The summed E-state index contributed by atoms with van der Waals surface area (Å²) in [5, 5.41) is 33.5. The van der Waals surface area contributed by atoms with E-state index in [1.54, 1.807) is 19.9 Å². The summed E-state index contributed by atoms with van der Waals surface area (Å²) < 4.78 is 23.2. The van der Waals surface area contributed by atoms with Crippen molar-refractivity contribution in [3.05, 3.63) is 29.3 Å². The average Bonchev–Trinajstić information content (AvgIpc) is 3.08. The van der Waals surface area contributed by atoms with Gasteiger partial charge in [0.15, 0.2) is 0 Å². The third-order valence-corrected chi connectivity index (χ3v) is 13.3. The Hall–Kier alpha value is -1.33. The van der Waals surface area contributed by atoms with Gasteiger partial charge >= 0.3 is 15.2 Å². The van der Waals surface area contributed by atoms with Gasteiger partial charge < -0.3 is 45.5 Å². The van der Waals surface area contributed by atoms with Gasteiger partial charge in [0, 0.05) is 24.0 Å². The van der Waals surface area contributed by atoms with E-state index in [4.69, 9.17) is 0 Å². The SMILES string of the molecule is CC(C)(CNCC(O)(P(=O)(O)O)P(=O)(O)O)NC(=O)[C@@]1(O)CCC2C3CCc4cc(O)ccc4C3CC[C@@]21C. The smallest absolute Gasteiger partial charge is 0.370 e. The third kappa shape index (κ3) is 5.13. The second-order valence-electron chi connectivity index (χ2n) is 12.5. The third-order valence-electron chi connectivity index (χ3n) is 9.55. The number of hydrogen-bond acceptors (Lipinski definition) is 7. The molecule has 0 radical (unpaired) electrons. The van der Waals surface area contributed by atoms with Crippen LogP contribution in [0.1, 0.15) is 69.9 Å². The van der Waals surface area contributed by atoms with Crippen molar-refractivity contribution >= 4 is 21.1 Å². The molecule has 2 fully saturated rings. The van der Waals surface area contributed by atoms with Gasteiger partial charge in [0.25, 0.3) is 11.0 Å². The number of rotatable bonds is 8. The van der Waals surface area contributed by atoms with E-state index >= 15 is 0 Å². The molecule has 3 unspecified atom stereocenters. The molecule has 1 amide bonds. The van der Waals surface area contributed by atoms with Crippen molar-refractivity contribution in [3.63, 3.8) is 0 Å². The Morgan fingerprint density at radius 1 is 1.05 bits per heavy atom. The molecule has 2 saturated carbocycles. The standard InChI is InChI=1S/C25H40N2O10P2/c1-22(2,13-26-14-25(31,38(32,33)34)39(35,36)37)27-21(29)24(30)11-9-20-19-6-4-15-12-16(28)5-7-17(15)18(19)8-10-23(20,24)3/h5,7,12,18-20,26,28,30-31H,4,6,8-11,13-14H2,1-3H3,(H,27,29)(H2,32,33,34)(H2,35,36,37)/t18?,19?,20?,23-,24-/m0/s1. The van der Waals surface area contributed by atoms with Crippen LogP contribution in [0.2, 0.25) is 0 Å². The van der Waals surface area contributed by atoms with Gasteiger partial charge in [0.2, 0.25) is 0 Å². The summed E-state index contributed by atoms with van der Waals surface area (Å²) >= 11 is 0. The minimum atomic E-state index is -5.62. The molecule has 3 aliphatic carbocycles. The lowest BCUT2D eigenvalue weighted by Gasteiger charge is -2.53. The number of hydrogen-bond donors (Lipinski definition) is 9. The second-order valence-corrected chi connectivity index (χ2v) is 16.5. The van der Waals surface area contributed by atoms with Crippen LogP contribution in [0.4, 0.5) is 0 Å². The summed E-state index contributed by atoms with van der Waals surface area (Å²) in [7, 11) is -11.2. The van der Waals surface area contributed by atoms with E-state index in [1.807, 2.05) is 19.1 Å². The summed E-state index contributed by atoms with van der Waals surface area (Å²) in [6.45, 7) is 3.83. The van der Waals surface area contributed by atoms with Crippen LogP contribution >= 0.6 is 15.2 Å². The first-order chi connectivity index (χ1) is 17.8. The molecular formula is C25H40N2O10P2. The lowest BCUT2D eigenvalue weighted by atomic mass is 9.53. The Balaban J connectivity index is 1.45. The first-order valence-corrected chi connectivity index (χ1v) is 16.4. The predicted molar refractivity (Wildman–Crippen MR) is 142 cm³/mol. The number of aliphatic hydroxyl groups is 2. The van der Waals surface area contributed by atoms with E-state index in [9.17, 15) is 48.8 Å². The van der Waals surface area contributed by atoms with Crippen LogP contribution in [-0.4, -0.2) is 70.1 Å². The van der Waals surface area contributed by atoms with Crippen LogP contribution in [0.5, 0.6) is 5.75 Å². The van der Waals surface area contributed by atoms with Crippen LogP contribution in [0.15, 0.2) is 18.2 Å². The number of phenols is 1. The van der Waals surface area contributed by atoms with Gasteiger partial charge in [-0.1, -0.05) is 13.0 Å². The van der Waals surface area contributed by atoms with Crippen molar-refractivity contribution in [2.75, 3.05) is 13.1 Å². The number of aromatic hydroxyl groups is 1. The van der Waals surface area contributed by atoms with Crippen LogP contribution in [0.3, 0.4) is 0 Å². The van der Waals surface area contributed by atoms with Crippen molar-refractivity contribution in [1.29, 1.82) is 0 Å². The topological polar surface area (TPSA) is 217 Å². The average molecular weight is 591 g/mol. The molecule has 1 aromatic carbocycles. The van der Waals surface area contributed by atoms with Crippen LogP contribution in [-0.2, 0) is 20.3 Å². The van der Waals surface area contributed by atoms with Gasteiger partial charge in [0.1, 0.15) is 11.4 Å². The Morgan fingerprint density at radius 3 is 2.31 bits per heavy atom. The van der Waals surface area contributed by atoms with Gasteiger partial charge in [-0.05, 0) is 93.4 Å². The molecule has 39 heavy (non-hydrogen) atoms. The Bertz CT molecular complexity index is 1210. The largest absolute Gasteiger partial charge is 0.508 e. The highest BCUT2D eigenvalue weighted by Gasteiger charge is 2.65. The monoisotopic (exact) mass is 590 g/mol. The van der Waals surface area contributed by atoms with Gasteiger partial charge in [-0.15, -0.1) is 0 Å². The lowest BCUT2D eigenvalue weighted by Crippen LogP contribution is -2.63. The number of carbonyl (C=O) groups excluding carboxylic acids is 1. The first kappa shape index (κ1) is 30.6. The van der Waals surface area contributed by atoms with Crippen molar-refractivity contribution in [1.82, 2.24) is 10.6 Å². The molecule has 0 spiro atoms. The van der Waals surface area contributed by atoms with Gasteiger partial charge in [-0.25, -0.2) is 0 Å². The summed E-state index contributed by atoms with van der Waals surface area (Å²) in [6, 6.07) is 5.53. The first-order valence-electron chi connectivity index (χ1n) is 13.2. The van der Waals surface area contributed by atoms with E-state index in [1.165, 1.54) is 5.56 Å². The predicted octanol–water partition coefficient (Wildman–Crippen LogP) is 1.47. The molecule has 0 heterocycles. The van der Waals surface area contributed by atoms with Gasteiger partial charge in [-0.3, -0.25) is 13.9 Å². The molecule has 4 rings (SSSR count). The van der Waals surface area contributed by atoms with E-state index in [0.717, 1.165) is 24.8 Å². The molecule has 9 N–H and O–H groups in total. The van der Waals surface area contributed by atoms with E-state index in [-0.39, 0.29) is 24.6 Å². The number of carbonyl (C=O) groups is 1. The fraction of sp³-hybridized carbons (Fsp3) is 0.720. The van der Waals surface area contributed by atoms with E-state index in [0.29, 0.717) is 24.7 Å². The molecule has 0 saturated heterocycles. The Labute approximate surface area is 227 Å². The van der Waals surface area contributed by atoms with Crippen LogP contribution < -0.4 is 10.6 Å². The van der Waals surface area contributed by atoms with Gasteiger partial charge in [0.05, 0.1) is 0 Å². The Morgan fingerprint density at radius 2 is 1.69 bits per heavy atom. The van der Waals surface area contributed by atoms with E-state index in [2.05, 4.69) is 10.6 Å². The Kier molecular flexibility index (Phi) is 7.77. The molecule has 5 atom stereocenters. The minimum absolute atomic E-state index is 0.122. The fourth-order valence-electron chi connectivity index (χ4n) is 7.33.